The minimum atomic E-state index is -3.43. The Hall–Kier alpha value is -2.34. The second-order valence-corrected chi connectivity index (χ2v) is 9.58. The summed E-state index contributed by atoms with van der Waals surface area (Å²) in [5.74, 6) is -0.233. The van der Waals surface area contributed by atoms with Crippen LogP contribution in [0.4, 0.5) is 5.69 Å². The molecule has 0 N–H and O–H groups in total. The second-order valence-electron chi connectivity index (χ2n) is 7.47. The summed E-state index contributed by atoms with van der Waals surface area (Å²) in [6, 6.07) is 13.1. The third kappa shape index (κ3) is 4.55. The Morgan fingerprint density at radius 3 is 2.21 bits per heavy atom. The van der Waals surface area contributed by atoms with E-state index in [1.54, 1.807) is 29.2 Å². The van der Waals surface area contributed by atoms with Crippen molar-refractivity contribution < 1.29 is 13.2 Å². The number of aryl methyl sites for hydroxylation is 2. The quantitative estimate of drug-likeness (QED) is 0.774. The lowest BCUT2D eigenvalue weighted by Crippen LogP contribution is -2.49. The molecule has 1 aliphatic rings. The van der Waals surface area contributed by atoms with Crippen LogP contribution in [-0.4, -0.2) is 51.2 Å². The first-order valence-corrected chi connectivity index (χ1v) is 11.3. The van der Waals surface area contributed by atoms with Gasteiger partial charge in [-0.15, -0.1) is 0 Å². The van der Waals surface area contributed by atoms with E-state index >= 15 is 0 Å². The highest BCUT2D eigenvalue weighted by atomic mass is 32.2. The van der Waals surface area contributed by atoms with Crippen molar-refractivity contribution in [1.29, 1.82) is 0 Å². The molecule has 1 aliphatic heterocycles. The Morgan fingerprint density at radius 1 is 0.929 bits per heavy atom. The fraction of sp³-hybridized carbons (Fsp3) is 0.409. The number of nitrogens with zero attached hydrogens (tertiary/aromatic N) is 2. The summed E-state index contributed by atoms with van der Waals surface area (Å²) in [5.41, 5.74) is 4.76. The number of hydrogen-bond acceptors (Lipinski definition) is 4. The number of benzene rings is 2. The first kappa shape index (κ1) is 20.4. The zero-order valence-corrected chi connectivity index (χ0v) is 17.6. The molecular weight excluding hydrogens is 372 g/mol. The first-order valence-electron chi connectivity index (χ1n) is 9.66. The molecule has 0 aliphatic carbocycles. The van der Waals surface area contributed by atoms with Crippen LogP contribution in [-0.2, 0) is 14.6 Å². The normalized spacial score (nSPS) is 15.0. The van der Waals surface area contributed by atoms with Crippen molar-refractivity contribution in [2.45, 2.75) is 32.1 Å². The number of carbonyl (C=O) groups excluding carboxylic acids is 1. The monoisotopic (exact) mass is 400 g/mol. The number of hydrogen-bond donors (Lipinski definition) is 0. The minimum absolute atomic E-state index is 0.0275. The van der Waals surface area contributed by atoms with E-state index in [0.717, 1.165) is 18.7 Å². The van der Waals surface area contributed by atoms with E-state index in [1.807, 2.05) is 6.92 Å². The van der Waals surface area contributed by atoms with Crippen molar-refractivity contribution in [2.24, 2.45) is 0 Å². The van der Waals surface area contributed by atoms with Gasteiger partial charge in [0, 0.05) is 38.3 Å². The summed E-state index contributed by atoms with van der Waals surface area (Å²) in [6.45, 7) is 8.91. The van der Waals surface area contributed by atoms with Gasteiger partial charge in [-0.2, -0.15) is 0 Å². The fourth-order valence-electron chi connectivity index (χ4n) is 3.52. The Bertz CT molecular complexity index is 944. The zero-order chi connectivity index (χ0) is 20.3. The lowest BCUT2D eigenvalue weighted by Gasteiger charge is -2.37. The molecule has 0 bridgehead atoms. The maximum Gasteiger partial charge on any atom is 0.223 e. The number of carbonyl (C=O) groups is 1. The number of amides is 1. The third-order valence-corrected chi connectivity index (χ3v) is 7.25. The van der Waals surface area contributed by atoms with Crippen molar-refractivity contribution >= 4 is 21.4 Å². The Morgan fingerprint density at radius 2 is 1.57 bits per heavy atom. The van der Waals surface area contributed by atoms with Gasteiger partial charge in [-0.25, -0.2) is 8.42 Å². The van der Waals surface area contributed by atoms with Crippen LogP contribution in [0.15, 0.2) is 47.4 Å². The molecule has 0 radical (unpaired) electrons. The number of anilines is 1. The van der Waals surface area contributed by atoms with Crippen molar-refractivity contribution in [3.8, 4) is 0 Å². The highest BCUT2D eigenvalue weighted by Gasteiger charge is 2.24. The summed E-state index contributed by atoms with van der Waals surface area (Å²) in [5, 5.41) is 0. The number of sulfone groups is 1. The Kier molecular flexibility index (Phi) is 6.08. The van der Waals surface area contributed by atoms with E-state index in [-0.39, 0.29) is 23.0 Å². The summed E-state index contributed by atoms with van der Waals surface area (Å²) in [4.78, 5) is 16.9. The lowest BCUT2D eigenvalue weighted by atomic mass is 10.1. The average molecular weight is 401 g/mol. The first-order chi connectivity index (χ1) is 13.3. The van der Waals surface area contributed by atoms with Crippen molar-refractivity contribution in [2.75, 3.05) is 36.8 Å². The molecule has 6 heteroatoms. The smallest absolute Gasteiger partial charge is 0.223 e. The molecule has 0 spiro atoms. The largest absolute Gasteiger partial charge is 0.368 e. The number of rotatable bonds is 5. The topological polar surface area (TPSA) is 57.7 Å². The molecule has 1 heterocycles. The maximum absolute atomic E-state index is 12.5. The molecule has 3 rings (SSSR count). The summed E-state index contributed by atoms with van der Waals surface area (Å²) in [7, 11) is -3.43. The highest BCUT2D eigenvalue weighted by molar-refractivity contribution is 7.91. The van der Waals surface area contributed by atoms with Gasteiger partial charge < -0.3 is 9.80 Å². The van der Waals surface area contributed by atoms with Crippen LogP contribution in [0.1, 0.15) is 23.1 Å². The van der Waals surface area contributed by atoms with Gasteiger partial charge in [0.15, 0.2) is 9.84 Å². The van der Waals surface area contributed by atoms with Crippen LogP contribution in [0.2, 0.25) is 0 Å². The SMILES string of the molecule is Cc1ccc(S(=O)(=O)CCC(=O)N2CCN(c3cccc(C)c3C)CC2)cc1. The van der Waals surface area contributed by atoms with E-state index < -0.39 is 9.84 Å². The standard InChI is InChI=1S/C22H28N2O3S/c1-17-7-9-20(10-8-17)28(26,27)16-11-22(25)24-14-12-23(13-15-24)21-6-4-5-18(2)19(21)3/h4-10H,11-16H2,1-3H3. The zero-order valence-electron chi connectivity index (χ0n) is 16.8. The molecule has 28 heavy (non-hydrogen) atoms. The third-order valence-electron chi connectivity index (χ3n) is 5.51. The maximum atomic E-state index is 12.5. The van der Waals surface area contributed by atoms with Gasteiger partial charge in [0.05, 0.1) is 10.6 Å². The van der Waals surface area contributed by atoms with E-state index in [9.17, 15) is 13.2 Å². The lowest BCUT2D eigenvalue weighted by molar-refractivity contribution is -0.131. The van der Waals surface area contributed by atoms with Gasteiger partial charge in [0.1, 0.15) is 0 Å². The van der Waals surface area contributed by atoms with Crippen molar-refractivity contribution in [3.63, 3.8) is 0 Å². The molecule has 150 valence electrons. The molecule has 1 amide bonds. The summed E-state index contributed by atoms with van der Waals surface area (Å²) in [6.07, 6.45) is 0.0275. The van der Waals surface area contributed by atoms with Crippen molar-refractivity contribution in [3.05, 3.63) is 59.2 Å². The molecule has 2 aromatic rings. The van der Waals surface area contributed by atoms with E-state index in [1.165, 1.54) is 16.8 Å². The molecular formula is C22H28N2O3S. The minimum Gasteiger partial charge on any atom is -0.368 e. The van der Waals surface area contributed by atoms with Crippen molar-refractivity contribution in [1.82, 2.24) is 4.90 Å². The van der Waals surface area contributed by atoms with Gasteiger partial charge in [-0.3, -0.25) is 4.79 Å². The molecule has 2 aromatic carbocycles. The van der Waals surface area contributed by atoms with Crippen LogP contribution in [0.25, 0.3) is 0 Å². The van der Waals surface area contributed by atoms with Crippen LogP contribution in [0, 0.1) is 20.8 Å². The van der Waals surface area contributed by atoms with Gasteiger partial charge in [-0.1, -0.05) is 29.8 Å². The van der Waals surface area contributed by atoms with Crippen LogP contribution in [0.3, 0.4) is 0 Å². The average Bonchev–Trinajstić information content (AvgIpc) is 2.69. The summed E-state index contributed by atoms with van der Waals surface area (Å²) < 4.78 is 24.9. The van der Waals surface area contributed by atoms with Crippen LogP contribution in [0.5, 0.6) is 0 Å². The van der Waals surface area contributed by atoms with Crippen LogP contribution >= 0.6 is 0 Å². The molecule has 0 aromatic heterocycles. The Labute approximate surface area is 167 Å². The highest BCUT2D eigenvalue weighted by Crippen LogP contribution is 2.24. The molecule has 0 unspecified atom stereocenters. The predicted octanol–water partition coefficient (Wildman–Crippen LogP) is 3.12. The second kappa shape index (κ2) is 8.35. The van der Waals surface area contributed by atoms with Gasteiger partial charge in [0.25, 0.3) is 0 Å². The van der Waals surface area contributed by atoms with Gasteiger partial charge in [0.2, 0.25) is 5.91 Å². The Balaban J connectivity index is 1.55. The van der Waals surface area contributed by atoms with E-state index in [2.05, 4.69) is 36.9 Å². The molecule has 5 nitrogen and oxygen atoms in total. The van der Waals surface area contributed by atoms with Crippen LogP contribution < -0.4 is 4.90 Å². The molecule has 0 atom stereocenters. The van der Waals surface area contributed by atoms with Gasteiger partial charge >= 0.3 is 0 Å². The van der Waals surface area contributed by atoms with E-state index in [4.69, 9.17) is 0 Å². The molecule has 1 fully saturated rings. The van der Waals surface area contributed by atoms with Gasteiger partial charge in [-0.05, 0) is 50.1 Å². The van der Waals surface area contributed by atoms with E-state index in [0.29, 0.717) is 13.1 Å². The molecule has 1 saturated heterocycles. The fourth-order valence-corrected chi connectivity index (χ4v) is 4.75. The summed E-state index contributed by atoms with van der Waals surface area (Å²) >= 11 is 0. The predicted molar refractivity (Wildman–Crippen MR) is 113 cm³/mol. The number of piperazine rings is 1. The molecule has 0 saturated carbocycles.